The Labute approximate surface area is 255 Å². The summed E-state index contributed by atoms with van der Waals surface area (Å²) in [5.41, 5.74) is 10.1. The summed E-state index contributed by atoms with van der Waals surface area (Å²) in [6, 6.07) is 12.4. The number of anilines is 2. The van der Waals surface area contributed by atoms with E-state index in [0.29, 0.717) is 64.8 Å². The first-order valence-corrected chi connectivity index (χ1v) is 14.9. The molecule has 0 aliphatic heterocycles. The molecule has 11 heteroatoms. The summed E-state index contributed by atoms with van der Waals surface area (Å²) in [5, 5.41) is 23.2. The van der Waals surface area contributed by atoms with Crippen LogP contribution in [-0.2, 0) is 9.53 Å². The molecule has 3 heterocycles. The SMILES string of the molecule is CC(CC(=O)NC1CCCCC1)OCC/C=C/c1cnc(N)c2c(-c3ccc(C(=O)Nc4cc(C#N)ccn4)cc3)[nH]nc12. The van der Waals surface area contributed by atoms with E-state index in [9.17, 15) is 9.59 Å². The Morgan fingerprint density at radius 3 is 2.75 bits per heavy atom. The van der Waals surface area contributed by atoms with Crippen molar-refractivity contribution in [3.05, 3.63) is 71.6 Å². The van der Waals surface area contributed by atoms with Gasteiger partial charge in [0.15, 0.2) is 0 Å². The number of nitriles is 1. The highest BCUT2D eigenvalue weighted by Gasteiger charge is 2.18. The van der Waals surface area contributed by atoms with Crippen molar-refractivity contribution in [2.75, 3.05) is 17.7 Å². The number of rotatable bonds is 11. The smallest absolute Gasteiger partial charge is 0.256 e. The fraction of sp³-hybridized carbons (Fsp3) is 0.333. The third-order valence-electron chi connectivity index (χ3n) is 7.63. The van der Waals surface area contributed by atoms with Gasteiger partial charge in [0.05, 0.1) is 41.8 Å². The number of hydrogen-bond donors (Lipinski definition) is 4. The number of nitrogen functional groups attached to an aromatic ring is 1. The normalized spacial score (nSPS) is 14.4. The molecule has 226 valence electrons. The van der Waals surface area contributed by atoms with E-state index in [2.05, 4.69) is 30.8 Å². The number of benzene rings is 1. The second-order valence-corrected chi connectivity index (χ2v) is 11.0. The van der Waals surface area contributed by atoms with Gasteiger partial charge in [0.25, 0.3) is 5.91 Å². The summed E-state index contributed by atoms with van der Waals surface area (Å²) in [7, 11) is 0. The van der Waals surface area contributed by atoms with Crippen molar-refractivity contribution in [2.24, 2.45) is 0 Å². The lowest BCUT2D eigenvalue weighted by atomic mass is 9.95. The number of carbonyl (C=O) groups is 2. The predicted molar refractivity (Wildman–Crippen MR) is 169 cm³/mol. The van der Waals surface area contributed by atoms with Gasteiger partial charge in [-0.15, -0.1) is 0 Å². The molecule has 44 heavy (non-hydrogen) atoms. The van der Waals surface area contributed by atoms with Gasteiger partial charge in [0, 0.05) is 35.1 Å². The lowest BCUT2D eigenvalue weighted by Crippen LogP contribution is -2.37. The van der Waals surface area contributed by atoms with Crippen molar-refractivity contribution in [2.45, 2.75) is 64.0 Å². The zero-order valence-corrected chi connectivity index (χ0v) is 24.7. The molecular formula is C33H36N8O3. The zero-order valence-electron chi connectivity index (χ0n) is 24.7. The number of aromatic nitrogens is 4. The van der Waals surface area contributed by atoms with Gasteiger partial charge in [0.2, 0.25) is 5.91 Å². The van der Waals surface area contributed by atoms with Crippen LogP contribution in [0, 0.1) is 11.3 Å². The largest absolute Gasteiger partial charge is 0.383 e. The van der Waals surface area contributed by atoms with Crippen LogP contribution in [0.2, 0.25) is 0 Å². The van der Waals surface area contributed by atoms with Gasteiger partial charge in [-0.2, -0.15) is 10.4 Å². The molecule has 11 nitrogen and oxygen atoms in total. The molecule has 1 aromatic carbocycles. The molecule has 1 saturated carbocycles. The third-order valence-corrected chi connectivity index (χ3v) is 7.63. The number of amides is 2. The van der Waals surface area contributed by atoms with Crippen molar-refractivity contribution >= 4 is 40.4 Å². The average Bonchev–Trinajstić information content (AvgIpc) is 3.49. The minimum Gasteiger partial charge on any atom is -0.383 e. The minimum atomic E-state index is -0.344. The lowest BCUT2D eigenvalue weighted by Gasteiger charge is -2.23. The number of carbonyl (C=O) groups excluding carboxylic acids is 2. The first-order chi connectivity index (χ1) is 21.4. The number of pyridine rings is 2. The first-order valence-electron chi connectivity index (χ1n) is 14.9. The molecule has 0 saturated heterocycles. The fourth-order valence-electron chi connectivity index (χ4n) is 5.34. The van der Waals surface area contributed by atoms with Gasteiger partial charge in [-0.3, -0.25) is 14.7 Å². The third kappa shape index (κ3) is 7.65. The Morgan fingerprint density at radius 2 is 1.98 bits per heavy atom. The Morgan fingerprint density at radius 1 is 1.18 bits per heavy atom. The molecule has 1 aliphatic carbocycles. The van der Waals surface area contributed by atoms with Gasteiger partial charge in [-0.05, 0) is 50.5 Å². The Balaban J connectivity index is 1.17. The molecule has 0 spiro atoms. The highest BCUT2D eigenvalue weighted by atomic mass is 16.5. The van der Waals surface area contributed by atoms with E-state index >= 15 is 0 Å². The van der Waals surface area contributed by atoms with Crippen molar-refractivity contribution in [3.8, 4) is 17.3 Å². The summed E-state index contributed by atoms with van der Waals surface area (Å²) < 4.78 is 5.86. The van der Waals surface area contributed by atoms with Gasteiger partial charge in [-0.25, -0.2) is 9.97 Å². The van der Waals surface area contributed by atoms with Crippen LogP contribution < -0.4 is 16.4 Å². The first kappa shape index (κ1) is 30.4. The monoisotopic (exact) mass is 592 g/mol. The van der Waals surface area contributed by atoms with Crippen molar-refractivity contribution < 1.29 is 14.3 Å². The van der Waals surface area contributed by atoms with Gasteiger partial charge >= 0.3 is 0 Å². The molecule has 5 rings (SSSR count). The molecule has 0 radical (unpaired) electrons. The van der Waals surface area contributed by atoms with Crippen LogP contribution in [0.5, 0.6) is 0 Å². The summed E-state index contributed by atoms with van der Waals surface area (Å²) in [4.78, 5) is 33.5. The number of aromatic amines is 1. The molecule has 1 fully saturated rings. The number of H-pyrrole nitrogens is 1. The molecule has 1 aliphatic rings. The van der Waals surface area contributed by atoms with E-state index in [1.807, 2.05) is 25.1 Å². The Hall–Kier alpha value is -5.08. The topological polar surface area (TPSA) is 172 Å². The van der Waals surface area contributed by atoms with Crippen LogP contribution in [0.3, 0.4) is 0 Å². The van der Waals surface area contributed by atoms with Crippen LogP contribution in [0.4, 0.5) is 11.6 Å². The molecule has 3 aromatic heterocycles. The predicted octanol–water partition coefficient (Wildman–Crippen LogP) is 5.37. The fourth-order valence-corrected chi connectivity index (χ4v) is 5.34. The quantitative estimate of drug-likeness (QED) is 0.168. The van der Waals surface area contributed by atoms with Crippen LogP contribution in [-0.4, -0.2) is 50.7 Å². The molecule has 4 aromatic rings. The van der Waals surface area contributed by atoms with Gasteiger partial charge in [-0.1, -0.05) is 43.5 Å². The number of ether oxygens (including phenoxy) is 1. The maximum absolute atomic E-state index is 12.7. The molecule has 2 amide bonds. The summed E-state index contributed by atoms with van der Waals surface area (Å²) in [6.45, 7) is 2.42. The van der Waals surface area contributed by atoms with Gasteiger partial charge in [0.1, 0.15) is 17.2 Å². The number of nitrogens with one attached hydrogen (secondary N) is 3. The van der Waals surface area contributed by atoms with Crippen LogP contribution >= 0.6 is 0 Å². The average molecular weight is 593 g/mol. The number of fused-ring (bicyclic) bond motifs is 1. The van der Waals surface area contributed by atoms with Crippen molar-refractivity contribution in [1.29, 1.82) is 5.26 Å². The van der Waals surface area contributed by atoms with Gasteiger partial charge < -0.3 is 21.1 Å². The van der Waals surface area contributed by atoms with E-state index in [1.165, 1.54) is 31.5 Å². The van der Waals surface area contributed by atoms with E-state index < -0.39 is 0 Å². The van der Waals surface area contributed by atoms with Crippen LogP contribution in [0.1, 0.15) is 73.4 Å². The van der Waals surface area contributed by atoms with E-state index in [0.717, 1.165) is 24.0 Å². The highest BCUT2D eigenvalue weighted by molar-refractivity contribution is 6.05. The molecule has 0 bridgehead atoms. The number of nitrogens with two attached hydrogens (primary N) is 1. The summed E-state index contributed by atoms with van der Waals surface area (Å²) in [6.07, 6.45) is 13.7. The second kappa shape index (κ2) is 14.4. The van der Waals surface area contributed by atoms with E-state index in [4.69, 9.17) is 15.7 Å². The van der Waals surface area contributed by atoms with Crippen LogP contribution in [0.25, 0.3) is 28.2 Å². The zero-order chi connectivity index (χ0) is 30.9. The summed E-state index contributed by atoms with van der Waals surface area (Å²) >= 11 is 0. The number of hydrogen-bond acceptors (Lipinski definition) is 8. The Kier molecular flexibility index (Phi) is 9.94. The molecular weight excluding hydrogens is 556 g/mol. The van der Waals surface area contributed by atoms with Crippen molar-refractivity contribution in [1.82, 2.24) is 25.5 Å². The molecule has 1 atom stereocenters. The Bertz CT molecular complexity index is 1680. The van der Waals surface area contributed by atoms with E-state index in [1.54, 1.807) is 36.5 Å². The number of nitrogens with zero attached hydrogens (tertiary/aromatic N) is 4. The van der Waals surface area contributed by atoms with Crippen LogP contribution in [0.15, 0.2) is 54.9 Å². The maximum atomic E-state index is 12.7. The molecule has 5 N–H and O–H groups in total. The summed E-state index contributed by atoms with van der Waals surface area (Å²) in [5.74, 6) is 0.357. The molecule has 1 unspecified atom stereocenters. The van der Waals surface area contributed by atoms with Crippen molar-refractivity contribution in [3.63, 3.8) is 0 Å². The lowest BCUT2D eigenvalue weighted by molar-refractivity contribution is -0.124. The standard InChI is InChI=1S/C33H36N8O3/c1-21(17-28(42)38-26-8-3-2-4-9-26)44-16-6-5-7-25-20-37-32(35)29-30(40-41-31(25)29)23-10-12-24(13-11-23)33(43)39-27-18-22(19-34)14-15-36-27/h5,7,10-15,18,20-21,26H,2-4,6,8-9,16-17H2,1H3,(H2,35,37)(H,38,42)(H,40,41)(H,36,39,43)/b7-5+. The minimum absolute atomic E-state index is 0.0575. The highest BCUT2D eigenvalue weighted by Crippen LogP contribution is 2.32. The van der Waals surface area contributed by atoms with E-state index in [-0.39, 0.29) is 17.9 Å². The maximum Gasteiger partial charge on any atom is 0.256 e. The second-order valence-electron chi connectivity index (χ2n) is 11.0.